The minimum atomic E-state index is 1.09. The Balaban J connectivity index is 1.27. The molecular formula is C54H37N. The summed E-state index contributed by atoms with van der Waals surface area (Å²) in [5.74, 6) is 0. The van der Waals surface area contributed by atoms with Crippen molar-refractivity contribution in [1.29, 1.82) is 0 Å². The number of anilines is 3. The summed E-state index contributed by atoms with van der Waals surface area (Å²) >= 11 is 0. The fourth-order valence-corrected chi connectivity index (χ4v) is 8.29. The van der Waals surface area contributed by atoms with Gasteiger partial charge in [0, 0.05) is 16.9 Å². The molecule has 0 unspecified atom stereocenters. The van der Waals surface area contributed by atoms with E-state index in [1.807, 2.05) is 0 Å². The first kappa shape index (κ1) is 32.4. The number of hydrogen-bond acceptors (Lipinski definition) is 1. The van der Waals surface area contributed by atoms with Gasteiger partial charge in [-0.25, -0.2) is 0 Å². The van der Waals surface area contributed by atoms with Crippen molar-refractivity contribution in [1.82, 2.24) is 0 Å². The molecule has 10 rings (SSSR count). The van der Waals surface area contributed by atoms with Gasteiger partial charge in [0.2, 0.25) is 0 Å². The molecule has 0 aliphatic heterocycles. The predicted octanol–water partition coefficient (Wildman–Crippen LogP) is 15.3. The van der Waals surface area contributed by atoms with E-state index in [4.69, 9.17) is 0 Å². The maximum Gasteiger partial charge on any atom is 0.0546 e. The van der Waals surface area contributed by atoms with Crippen LogP contribution in [-0.4, -0.2) is 0 Å². The van der Waals surface area contributed by atoms with Gasteiger partial charge in [0.15, 0.2) is 0 Å². The Kier molecular flexibility index (Phi) is 8.24. The van der Waals surface area contributed by atoms with Gasteiger partial charge >= 0.3 is 0 Å². The summed E-state index contributed by atoms with van der Waals surface area (Å²) in [5.41, 5.74) is 12.8. The van der Waals surface area contributed by atoms with Crippen molar-refractivity contribution in [2.45, 2.75) is 0 Å². The molecule has 0 amide bonds. The molecule has 0 saturated heterocycles. The van der Waals surface area contributed by atoms with Crippen molar-refractivity contribution in [2.75, 3.05) is 4.90 Å². The first-order chi connectivity index (χ1) is 27.3. The zero-order valence-electron chi connectivity index (χ0n) is 30.3. The summed E-state index contributed by atoms with van der Waals surface area (Å²) in [6.45, 7) is 0. The largest absolute Gasteiger partial charge is 0.310 e. The lowest BCUT2D eigenvalue weighted by atomic mass is 9.87. The molecule has 0 spiro atoms. The Bertz CT molecular complexity index is 2980. The highest BCUT2D eigenvalue weighted by molar-refractivity contribution is 6.09. The molecule has 0 heterocycles. The van der Waals surface area contributed by atoms with Crippen LogP contribution in [0.3, 0.4) is 0 Å². The zero-order chi connectivity index (χ0) is 36.6. The highest BCUT2D eigenvalue weighted by Crippen LogP contribution is 2.49. The van der Waals surface area contributed by atoms with Gasteiger partial charge in [-0.2, -0.15) is 0 Å². The van der Waals surface area contributed by atoms with Crippen molar-refractivity contribution in [2.24, 2.45) is 0 Å². The van der Waals surface area contributed by atoms with Gasteiger partial charge in [-0.3, -0.25) is 0 Å². The lowest BCUT2D eigenvalue weighted by molar-refractivity contribution is 1.29. The second-order valence-electron chi connectivity index (χ2n) is 14.1. The summed E-state index contributed by atoms with van der Waals surface area (Å²) < 4.78 is 0. The standard InChI is InChI=1S/C54H37N/c1-3-16-38(17-4-1)48-27-11-12-28-52(48)54-51(40-18-5-2-6-19-40)30-15-31-53(54)55(45-34-35-50-43(37-45)33-32-41-21-8-10-26-47(41)50)44-24-13-23-42(36-44)49-29-14-22-39-20-7-9-25-46(39)49/h1-37H. The Morgan fingerprint density at radius 3 is 1.56 bits per heavy atom. The second kappa shape index (κ2) is 14.0. The Morgan fingerprint density at radius 2 is 0.764 bits per heavy atom. The SMILES string of the molecule is c1ccc(-c2ccccc2-c2c(-c3ccccc3)cccc2N(c2cccc(-c3cccc4ccccc34)c2)c2ccc3c(ccc4ccccc43)c2)cc1. The second-order valence-corrected chi connectivity index (χ2v) is 14.1. The van der Waals surface area contributed by atoms with E-state index in [1.165, 1.54) is 76.8 Å². The van der Waals surface area contributed by atoms with Crippen molar-refractivity contribution in [3.63, 3.8) is 0 Å². The number of rotatable bonds is 7. The Morgan fingerprint density at radius 1 is 0.255 bits per heavy atom. The van der Waals surface area contributed by atoms with Crippen molar-refractivity contribution < 1.29 is 0 Å². The van der Waals surface area contributed by atoms with Gasteiger partial charge in [0.1, 0.15) is 0 Å². The normalized spacial score (nSPS) is 11.3. The van der Waals surface area contributed by atoms with E-state index in [2.05, 4.69) is 229 Å². The Labute approximate surface area is 322 Å². The maximum absolute atomic E-state index is 2.47. The molecule has 0 saturated carbocycles. The lowest BCUT2D eigenvalue weighted by Gasteiger charge is -2.30. The highest BCUT2D eigenvalue weighted by Gasteiger charge is 2.23. The summed E-state index contributed by atoms with van der Waals surface area (Å²) in [6, 6.07) is 81.6. The number of fused-ring (bicyclic) bond motifs is 4. The first-order valence-corrected chi connectivity index (χ1v) is 18.9. The van der Waals surface area contributed by atoms with E-state index in [-0.39, 0.29) is 0 Å². The number of nitrogens with zero attached hydrogens (tertiary/aromatic N) is 1. The van der Waals surface area contributed by atoms with Crippen LogP contribution < -0.4 is 4.90 Å². The van der Waals surface area contributed by atoms with E-state index in [0.29, 0.717) is 0 Å². The van der Waals surface area contributed by atoms with E-state index in [1.54, 1.807) is 0 Å². The maximum atomic E-state index is 2.47. The molecule has 10 aromatic carbocycles. The monoisotopic (exact) mass is 699 g/mol. The Hall–Kier alpha value is -7.22. The minimum absolute atomic E-state index is 1.09. The van der Waals surface area contributed by atoms with E-state index >= 15 is 0 Å². The van der Waals surface area contributed by atoms with E-state index < -0.39 is 0 Å². The average molecular weight is 700 g/mol. The summed E-state index contributed by atoms with van der Waals surface area (Å²) in [7, 11) is 0. The van der Waals surface area contributed by atoms with E-state index in [0.717, 1.165) is 17.1 Å². The van der Waals surface area contributed by atoms with Crippen LogP contribution in [0.15, 0.2) is 224 Å². The van der Waals surface area contributed by atoms with Gasteiger partial charge in [-0.1, -0.05) is 194 Å². The summed E-state index contributed by atoms with van der Waals surface area (Å²) in [6.07, 6.45) is 0. The highest BCUT2D eigenvalue weighted by atomic mass is 15.1. The summed E-state index contributed by atoms with van der Waals surface area (Å²) in [5, 5.41) is 7.45. The third-order valence-electron chi connectivity index (χ3n) is 10.8. The molecule has 0 aliphatic carbocycles. The zero-order valence-corrected chi connectivity index (χ0v) is 30.3. The van der Waals surface area contributed by atoms with Crippen LogP contribution in [0, 0.1) is 0 Å². The van der Waals surface area contributed by atoms with E-state index in [9.17, 15) is 0 Å². The fourth-order valence-electron chi connectivity index (χ4n) is 8.29. The number of benzene rings is 10. The molecule has 1 heteroatoms. The van der Waals surface area contributed by atoms with Crippen LogP contribution in [0.2, 0.25) is 0 Å². The van der Waals surface area contributed by atoms with Crippen LogP contribution in [0.1, 0.15) is 0 Å². The third kappa shape index (κ3) is 5.93. The van der Waals surface area contributed by atoms with Gasteiger partial charge in [0.05, 0.1) is 5.69 Å². The number of hydrogen-bond donors (Lipinski definition) is 0. The molecule has 1 nitrogen and oxygen atoms in total. The first-order valence-electron chi connectivity index (χ1n) is 18.9. The minimum Gasteiger partial charge on any atom is -0.310 e. The fraction of sp³-hybridized carbons (Fsp3) is 0. The van der Waals surface area contributed by atoms with Crippen molar-refractivity contribution >= 4 is 49.4 Å². The van der Waals surface area contributed by atoms with Gasteiger partial charge in [-0.05, 0) is 102 Å². The molecule has 0 aromatic heterocycles. The predicted molar refractivity (Wildman–Crippen MR) is 235 cm³/mol. The molecule has 0 aliphatic rings. The molecular weight excluding hydrogens is 663 g/mol. The molecule has 0 fully saturated rings. The van der Waals surface area contributed by atoms with Crippen molar-refractivity contribution in [3.05, 3.63) is 224 Å². The van der Waals surface area contributed by atoms with Crippen LogP contribution in [0.4, 0.5) is 17.1 Å². The third-order valence-corrected chi connectivity index (χ3v) is 10.8. The average Bonchev–Trinajstić information content (AvgIpc) is 3.27. The lowest BCUT2D eigenvalue weighted by Crippen LogP contribution is -2.12. The molecule has 10 aromatic rings. The quantitative estimate of drug-likeness (QED) is 0.150. The van der Waals surface area contributed by atoms with Gasteiger partial charge in [0.25, 0.3) is 0 Å². The van der Waals surface area contributed by atoms with Gasteiger partial charge in [-0.15, -0.1) is 0 Å². The smallest absolute Gasteiger partial charge is 0.0546 e. The van der Waals surface area contributed by atoms with Crippen LogP contribution in [-0.2, 0) is 0 Å². The van der Waals surface area contributed by atoms with Crippen LogP contribution in [0.25, 0.3) is 76.8 Å². The van der Waals surface area contributed by atoms with Gasteiger partial charge < -0.3 is 4.90 Å². The molecule has 258 valence electrons. The molecule has 0 radical (unpaired) electrons. The van der Waals surface area contributed by atoms with Crippen LogP contribution in [0.5, 0.6) is 0 Å². The topological polar surface area (TPSA) is 3.24 Å². The van der Waals surface area contributed by atoms with Crippen molar-refractivity contribution in [3.8, 4) is 44.5 Å². The van der Waals surface area contributed by atoms with Crippen LogP contribution >= 0.6 is 0 Å². The molecule has 0 bridgehead atoms. The molecule has 0 atom stereocenters. The molecule has 0 N–H and O–H groups in total. The molecule has 55 heavy (non-hydrogen) atoms. The summed E-state index contributed by atoms with van der Waals surface area (Å²) in [4.78, 5) is 2.47.